The zero-order chi connectivity index (χ0) is 14.7. The van der Waals surface area contributed by atoms with Crippen molar-refractivity contribution in [3.8, 4) is 0 Å². The number of hydrogen-bond donors (Lipinski definition) is 1. The highest BCUT2D eigenvalue weighted by Gasteiger charge is 2.26. The fraction of sp³-hybridized carbons (Fsp3) is 0.733. The SMILES string of the molecule is Cc1nc(CN2CCCC(C(C)CC(=O)O)C2)oc1C. The fourth-order valence-corrected chi connectivity index (χ4v) is 2.94. The van der Waals surface area contributed by atoms with Crippen LogP contribution in [0.1, 0.15) is 43.5 Å². The highest BCUT2D eigenvalue weighted by molar-refractivity contribution is 5.67. The molecule has 0 aliphatic carbocycles. The Kier molecular flexibility index (Phi) is 4.81. The van der Waals surface area contributed by atoms with Gasteiger partial charge in [-0.25, -0.2) is 4.98 Å². The van der Waals surface area contributed by atoms with Crippen LogP contribution in [0.25, 0.3) is 0 Å². The number of hydrogen-bond acceptors (Lipinski definition) is 4. The number of aryl methyl sites for hydroxylation is 2. The average Bonchev–Trinajstić information content (AvgIpc) is 2.67. The number of aliphatic carboxylic acids is 1. The van der Waals surface area contributed by atoms with E-state index in [0.29, 0.717) is 5.92 Å². The lowest BCUT2D eigenvalue weighted by molar-refractivity contribution is -0.138. The van der Waals surface area contributed by atoms with Crippen molar-refractivity contribution in [2.24, 2.45) is 11.8 Å². The molecule has 0 spiro atoms. The second kappa shape index (κ2) is 6.39. The summed E-state index contributed by atoms with van der Waals surface area (Å²) >= 11 is 0. The fourth-order valence-electron chi connectivity index (χ4n) is 2.94. The second-order valence-electron chi connectivity index (χ2n) is 5.96. The first kappa shape index (κ1) is 15.0. The zero-order valence-electron chi connectivity index (χ0n) is 12.6. The Morgan fingerprint density at radius 2 is 2.30 bits per heavy atom. The minimum atomic E-state index is -0.700. The maximum atomic E-state index is 10.8. The van der Waals surface area contributed by atoms with E-state index >= 15 is 0 Å². The molecule has 20 heavy (non-hydrogen) atoms. The van der Waals surface area contributed by atoms with Gasteiger partial charge in [-0.15, -0.1) is 0 Å². The number of likely N-dealkylation sites (tertiary alicyclic amines) is 1. The molecule has 5 nitrogen and oxygen atoms in total. The summed E-state index contributed by atoms with van der Waals surface area (Å²) in [6.07, 6.45) is 2.50. The predicted molar refractivity (Wildman–Crippen MR) is 75.4 cm³/mol. The van der Waals surface area contributed by atoms with E-state index in [1.54, 1.807) is 0 Å². The van der Waals surface area contributed by atoms with E-state index < -0.39 is 5.97 Å². The van der Waals surface area contributed by atoms with E-state index in [2.05, 4.69) is 9.88 Å². The third-order valence-corrected chi connectivity index (χ3v) is 4.27. The van der Waals surface area contributed by atoms with Crippen LogP contribution in [0.3, 0.4) is 0 Å². The van der Waals surface area contributed by atoms with E-state index in [-0.39, 0.29) is 12.3 Å². The Labute approximate surface area is 120 Å². The minimum absolute atomic E-state index is 0.225. The lowest BCUT2D eigenvalue weighted by Gasteiger charge is -2.34. The van der Waals surface area contributed by atoms with Crippen molar-refractivity contribution in [2.45, 2.75) is 46.6 Å². The smallest absolute Gasteiger partial charge is 0.303 e. The third kappa shape index (κ3) is 3.82. The van der Waals surface area contributed by atoms with E-state index in [0.717, 1.165) is 49.8 Å². The van der Waals surface area contributed by atoms with Crippen LogP contribution in [-0.4, -0.2) is 34.0 Å². The standard InChI is InChI=1S/C15H24N2O3/c1-10(7-15(18)19)13-5-4-6-17(8-13)9-14-16-11(2)12(3)20-14/h10,13H,4-9H2,1-3H3,(H,18,19). The Balaban J connectivity index is 1.91. The molecule has 2 rings (SSSR count). The summed E-state index contributed by atoms with van der Waals surface area (Å²) in [6, 6.07) is 0. The number of aromatic nitrogens is 1. The van der Waals surface area contributed by atoms with Crippen LogP contribution in [0.15, 0.2) is 4.42 Å². The van der Waals surface area contributed by atoms with Crippen molar-refractivity contribution in [3.63, 3.8) is 0 Å². The van der Waals surface area contributed by atoms with Crippen LogP contribution >= 0.6 is 0 Å². The van der Waals surface area contributed by atoms with Gasteiger partial charge in [-0.3, -0.25) is 9.69 Å². The maximum Gasteiger partial charge on any atom is 0.303 e. The van der Waals surface area contributed by atoms with Crippen LogP contribution in [0.2, 0.25) is 0 Å². The van der Waals surface area contributed by atoms with Gasteiger partial charge in [0.1, 0.15) is 5.76 Å². The average molecular weight is 280 g/mol. The normalized spacial score (nSPS) is 21.9. The molecule has 2 atom stereocenters. The van der Waals surface area contributed by atoms with Gasteiger partial charge in [0.05, 0.1) is 12.2 Å². The molecule has 1 aromatic rings. The highest BCUT2D eigenvalue weighted by Crippen LogP contribution is 2.27. The first-order chi connectivity index (χ1) is 9.45. The number of rotatable bonds is 5. The van der Waals surface area contributed by atoms with Gasteiger partial charge in [0.25, 0.3) is 0 Å². The molecule has 1 N–H and O–H groups in total. The van der Waals surface area contributed by atoms with Crippen molar-refractivity contribution in [2.75, 3.05) is 13.1 Å². The summed E-state index contributed by atoms with van der Waals surface area (Å²) in [7, 11) is 0. The van der Waals surface area contributed by atoms with Crippen molar-refractivity contribution in [1.29, 1.82) is 0 Å². The van der Waals surface area contributed by atoms with Crippen molar-refractivity contribution >= 4 is 5.97 Å². The monoisotopic (exact) mass is 280 g/mol. The molecule has 1 aliphatic heterocycles. The lowest BCUT2D eigenvalue weighted by atomic mass is 9.85. The molecular formula is C15H24N2O3. The second-order valence-corrected chi connectivity index (χ2v) is 5.96. The van der Waals surface area contributed by atoms with Crippen molar-refractivity contribution in [3.05, 3.63) is 17.3 Å². The van der Waals surface area contributed by atoms with E-state index in [1.165, 1.54) is 0 Å². The van der Waals surface area contributed by atoms with Crippen LogP contribution in [-0.2, 0) is 11.3 Å². The Morgan fingerprint density at radius 1 is 1.55 bits per heavy atom. The van der Waals surface area contributed by atoms with Crippen molar-refractivity contribution < 1.29 is 14.3 Å². The molecule has 0 amide bonds. The number of carbonyl (C=O) groups is 1. The molecule has 1 fully saturated rings. The van der Waals surface area contributed by atoms with E-state index in [1.807, 2.05) is 20.8 Å². The molecule has 2 unspecified atom stereocenters. The van der Waals surface area contributed by atoms with E-state index in [9.17, 15) is 4.79 Å². The lowest BCUT2D eigenvalue weighted by Crippen LogP contribution is -2.37. The van der Waals surface area contributed by atoms with Crippen LogP contribution in [0.5, 0.6) is 0 Å². The molecule has 0 bridgehead atoms. The largest absolute Gasteiger partial charge is 0.481 e. The molecule has 1 aromatic heterocycles. The van der Waals surface area contributed by atoms with Crippen LogP contribution in [0.4, 0.5) is 0 Å². The van der Waals surface area contributed by atoms with Gasteiger partial charge in [0.15, 0.2) is 0 Å². The van der Waals surface area contributed by atoms with Gasteiger partial charge in [0.2, 0.25) is 5.89 Å². The minimum Gasteiger partial charge on any atom is -0.481 e. The Morgan fingerprint density at radius 3 is 2.90 bits per heavy atom. The Hall–Kier alpha value is -1.36. The molecule has 0 aromatic carbocycles. The van der Waals surface area contributed by atoms with Gasteiger partial charge < -0.3 is 9.52 Å². The maximum absolute atomic E-state index is 10.8. The first-order valence-electron chi connectivity index (χ1n) is 7.32. The zero-order valence-corrected chi connectivity index (χ0v) is 12.6. The molecule has 1 aliphatic rings. The quantitative estimate of drug-likeness (QED) is 0.898. The molecule has 112 valence electrons. The number of carboxylic acid groups (broad SMARTS) is 1. The van der Waals surface area contributed by atoms with Gasteiger partial charge in [-0.2, -0.15) is 0 Å². The van der Waals surface area contributed by atoms with Crippen LogP contribution < -0.4 is 0 Å². The van der Waals surface area contributed by atoms with Gasteiger partial charge in [0, 0.05) is 13.0 Å². The summed E-state index contributed by atoms with van der Waals surface area (Å²) in [5.41, 5.74) is 0.952. The molecule has 5 heteroatoms. The Bertz CT molecular complexity index is 450. The third-order valence-electron chi connectivity index (χ3n) is 4.27. The number of carboxylic acids is 1. The highest BCUT2D eigenvalue weighted by atomic mass is 16.4. The first-order valence-corrected chi connectivity index (χ1v) is 7.32. The van der Waals surface area contributed by atoms with Crippen molar-refractivity contribution in [1.82, 2.24) is 9.88 Å². The molecular weight excluding hydrogens is 256 g/mol. The molecule has 0 radical (unpaired) electrons. The summed E-state index contributed by atoms with van der Waals surface area (Å²) in [4.78, 5) is 17.6. The number of oxazole rings is 1. The van der Waals surface area contributed by atoms with Gasteiger partial charge in [-0.05, 0) is 45.1 Å². The number of piperidine rings is 1. The van der Waals surface area contributed by atoms with Gasteiger partial charge in [-0.1, -0.05) is 6.92 Å². The van der Waals surface area contributed by atoms with E-state index in [4.69, 9.17) is 9.52 Å². The summed E-state index contributed by atoms with van der Waals surface area (Å²) < 4.78 is 5.63. The molecule has 1 saturated heterocycles. The van der Waals surface area contributed by atoms with Gasteiger partial charge >= 0.3 is 5.97 Å². The molecule has 2 heterocycles. The summed E-state index contributed by atoms with van der Waals surface area (Å²) in [5, 5.41) is 8.91. The van der Waals surface area contributed by atoms with Crippen LogP contribution in [0, 0.1) is 25.7 Å². The summed E-state index contributed by atoms with van der Waals surface area (Å²) in [5.74, 6) is 1.63. The number of nitrogens with zero attached hydrogens (tertiary/aromatic N) is 2. The predicted octanol–water partition coefficient (Wildman–Crippen LogP) is 2.61. The topological polar surface area (TPSA) is 66.6 Å². The summed E-state index contributed by atoms with van der Waals surface area (Å²) in [6.45, 7) is 8.63. The molecule has 0 saturated carbocycles.